The molecule has 0 radical (unpaired) electrons. The van der Waals surface area contributed by atoms with Crippen molar-refractivity contribution in [1.29, 1.82) is 0 Å². The number of carbonyl (C=O) groups is 1. The molecule has 0 unspecified atom stereocenters. The second kappa shape index (κ2) is 8.78. The monoisotopic (exact) mass is 452 g/mol. The van der Waals surface area contributed by atoms with Crippen LogP contribution in [0.1, 0.15) is 52.1 Å². The topological polar surface area (TPSA) is 127 Å². The molecule has 1 saturated heterocycles. The van der Waals surface area contributed by atoms with E-state index in [0.717, 1.165) is 5.56 Å². The van der Waals surface area contributed by atoms with Gasteiger partial charge in [0.05, 0.1) is 6.10 Å². The maximum Gasteiger partial charge on any atom is 0.416 e. The number of nitrogens with one attached hydrogen (secondary N) is 1. The molecule has 4 rings (SSSR count). The van der Waals surface area contributed by atoms with Crippen molar-refractivity contribution in [2.45, 2.75) is 58.2 Å². The molecule has 3 heterocycles. The second-order valence-electron chi connectivity index (χ2n) is 9.15. The van der Waals surface area contributed by atoms with Gasteiger partial charge in [0.2, 0.25) is 17.7 Å². The predicted octanol–water partition coefficient (Wildman–Crippen LogP) is 3.70. The van der Waals surface area contributed by atoms with E-state index in [0.29, 0.717) is 17.5 Å². The van der Waals surface area contributed by atoms with Crippen LogP contribution in [0.4, 0.5) is 16.6 Å². The minimum absolute atomic E-state index is 0.00830. The van der Waals surface area contributed by atoms with Gasteiger partial charge >= 0.3 is 6.09 Å². The molecule has 0 saturated carbocycles. The summed E-state index contributed by atoms with van der Waals surface area (Å²) in [6, 6.07) is 8.76. The standard InChI is InChI=1S/C23H28N6O4/c1-13(20-27-19(28-33-20)15-7-6-8-16(11-15)23(3,4)5)25-21-24-10-9-18(26-21)29-17(14(2)30)12-32-22(29)31/h6-11,13-14,17,30H,12H2,1-5H3,(H,24,25,26)/t13-,14-,17-/m1/s1. The smallest absolute Gasteiger partial charge is 0.416 e. The van der Waals surface area contributed by atoms with Crippen molar-refractivity contribution in [3.63, 3.8) is 0 Å². The van der Waals surface area contributed by atoms with Crippen LogP contribution in [-0.4, -0.2) is 50.1 Å². The first-order chi connectivity index (χ1) is 15.6. The number of aliphatic hydroxyl groups excluding tert-OH is 1. The van der Waals surface area contributed by atoms with Crippen LogP contribution < -0.4 is 10.2 Å². The molecule has 33 heavy (non-hydrogen) atoms. The maximum atomic E-state index is 12.1. The molecule has 0 spiro atoms. The Labute approximate surface area is 192 Å². The number of benzene rings is 1. The third-order valence-electron chi connectivity index (χ3n) is 5.50. The van der Waals surface area contributed by atoms with E-state index in [1.54, 1.807) is 13.0 Å². The minimum atomic E-state index is -0.768. The Balaban J connectivity index is 1.51. The predicted molar refractivity (Wildman–Crippen MR) is 122 cm³/mol. The van der Waals surface area contributed by atoms with Crippen LogP contribution in [-0.2, 0) is 10.2 Å². The van der Waals surface area contributed by atoms with Gasteiger partial charge in [0.1, 0.15) is 24.5 Å². The number of aromatic nitrogens is 4. The summed E-state index contributed by atoms with van der Waals surface area (Å²) < 4.78 is 10.5. The highest BCUT2D eigenvalue weighted by Gasteiger charge is 2.38. The van der Waals surface area contributed by atoms with Crippen LogP contribution in [0, 0.1) is 0 Å². The third-order valence-corrected chi connectivity index (χ3v) is 5.50. The van der Waals surface area contributed by atoms with Crippen molar-refractivity contribution in [2.75, 3.05) is 16.8 Å². The van der Waals surface area contributed by atoms with Crippen molar-refractivity contribution in [2.24, 2.45) is 0 Å². The lowest BCUT2D eigenvalue weighted by atomic mass is 9.86. The van der Waals surface area contributed by atoms with E-state index in [1.165, 1.54) is 16.7 Å². The molecule has 10 heteroatoms. The maximum absolute atomic E-state index is 12.1. The van der Waals surface area contributed by atoms with E-state index in [-0.39, 0.29) is 24.0 Å². The van der Waals surface area contributed by atoms with Crippen LogP contribution in [0.15, 0.2) is 41.1 Å². The first-order valence-corrected chi connectivity index (χ1v) is 10.8. The summed E-state index contributed by atoms with van der Waals surface area (Å²) in [5.74, 6) is 1.48. The highest BCUT2D eigenvalue weighted by Crippen LogP contribution is 2.28. The number of hydrogen-bond acceptors (Lipinski definition) is 9. The number of anilines is 2. The van der Waals surface area contributed by atoms with Gasteiger partial charge in [-0.2, -0.15) is 9.97 Å². The van der Waals surface area contributed by atoms with Crippen molar-refractivity contribution >= 4 is 17.9 Å². The second-order valence-corrected chi connectivity index (χ2v) is 9.15. The van der Waals surface area contributed by atoms with E-state index in [4.69, 9.17) is 9.26 Å². The number of amides is 1. The number of rotatable bonds is 6. The SMILES string of the molecule is C[C@@H](Nc1nccc(N2C(=O)OC[C@@H]2[C@@H](C)O)n1)c1nc(-c2cccc(C(C)(C)C)c2)no1. The van der Waals surface area contributed by atoms with Crippen LogP contribution in [0.2, 0.25) is 0 Å². The molecule has 2 aromatic heterocycles. The highest BCUT2D eigenvalue weighted by molar-refractivity contribution is 5.89. The zero-order valence-corrected chi connectivity index (χ0v) is 19.3. The van der Waals surface area contributed by atoms with Gasteiger partial charge < -0.3 is 19.7 Å². The Morgan fingerprint density at radius 1 is 1.21 bits per heavy atom. The summed E-state index contributed by atoms with van der Waals surface area (Å²) in [6.45, 7) is 10.0. The molecule has 3 aromatic rings. The van der Waals surface area contributed by atoms with E-state index < -0.39 is 18.2 Å². The lowest BCUT2D eigenvalue weighted by Crippen LogP contribution is -2.41. The molecule has 174 valence electrons. The lowest BCUT2D eigenvalue weighted by Gasteiger charge is -2.22. The molecular formula is C23H28N6O4. The molecule has 1 amide bonds. The van der Waals surface area contributed by atoms with Crippen LogP contribution >= 0.6 is 0 Å². The summed E-state index contributed by atoms with van der Waals surface area (Å²) in [5, 5.41) is 17.2. The first kappa shape index (κ1) is 22.7. The molecule has 10 nitrogen and oxygen atoms in total. The van der Waals surface area contributed by atoms with Gasteiger partial charge in [-0.05, 0) is 37.0 Å². The number of aliphatic hydroxyl groups is 1. The average molecular weight is 453 g/mol. The summed E-state index contributed by atoms with van der Waals surface area (Å²) in [4.78, 5) is 26.6. The van der Waals surface area contributed by atoms with Crippen molar-refractivity contribution in [3.05, 3.63) is 48.0 Å². The number of ether oxygens (including phenoxy) is 1. The number of hydrogen-bond donors (Lipinski definition) is 2. The zero-order valence-electron chi connectivity index (χ0n) is 19.3. The highest BCUT2D eigenvalue weighted by atomic mass is 16.6. The normalized spacial score (nSPS) is 18.2. The minimum Gasteiger partial charge on any atom is -0.447 e. The van der Waals surface area contributed by atoms with Gasteiger partial charge in [-0.25, -0.2) is 9.78 Å². The van der Waals surface area contributed by atoms with Gasteiger partial charge in [0.25, 0.3) is 0 Å². The van der Waals surface area contributed by atoms with E-state index in [9.17, 15) is 9.90 Å². The summed E-state index contributed by atoms with van der Waals surface area (Å²) in [6.07, 6.45) is 0.201. The van der Waals surface area contributed by atoms with Gasteiger partial charge in [-0.3, -0.25) is 4.90 Å². The molecule has 2 N–H and O–H groups in total. The summed E-state index contributed by atoms with van der Waals surface area (Å²) in [5.41, 5.74) is 2.06. The fourth-order valence-corrected chi connectivity index (χ4v) is 3.52. The molecule has 0 aliphatic carbocycles. The third kappa shape index (κ3) is 4.80. The van der Waals surface area contributed by atoms with Crippen LogP contribution in [0.3, 0.4) is 0 Å². The Morgan fingerprint density at radius 3 is 2.73 bits per heavy atom. The zero-order chi connectivity index (χ0) is 23.8. The van der Waals surface area contributed by atoms with Crippen LogP contribution in [0.5, 0.6) is 0 Å². The lowest BCUT2D eigenvalue weighted by molar-refractivity contribution is 0.142. The van der Waals surface area contributed by atoms with Gasteiger partial charge in [-0.1, -0.05) is 44.1 Å². The van der Waals surface area contributed by atoms with Gasteiger partial charge in [-0.15, -0.1) is 0 Å². The molecule has 3 atom stereocenters. The Hall–Kier alpha value is -3.53. The quantitative estimate of drug-likeness (QED) is 0.575. The largest absolute Gasteiger partial charge is 0.447 e. The number of cyclic esters (lactones) is 1. The Morgan fingerprint density at radius 2 is 2.00 bits per heavy atom. The fourth-order valence-electron chi connectivity index (χ4n) is 3.52. The molecule has 0 bridgehead atoms. The van der Waals surface area contributed by atoms with Crippen LogP contribution in [0.25, 0.3) is 11.4 Å². The molecule has 1 fully saturated rings. The number of nitrogens with zero attached hydrogens (tertiary/aromatic N) is 5. The summed E-state index contributed by atoms with van der Waals surface area (Å²) in [7, 11) is 0. The van der Waals surface area contributed by atoms with E-state index in [1.807, 2.05) is 19.1 Å². The Kier molecular flexibility index (Phi) is 6.03. The van der Waals surface area contributed by atoms with Crippen molar-refractivity contribution < 1.29 is 19.2 Å². The van der Waals surface area contributed by atoms with E-state index in [2.05, 4.69) is 58.3 Å². The molecule has 1 aliphatic rings. The first-order valence-electron chi connectivity index (χ1n) is 10.8. The fraction of sp³-hybridized carbons (Fsp3) is 0.435. The van der Waals surface area contributed by atoms with Gasteiger partial charge in [0.15, 0.2) is 0 Å². The van der Waals surface area contributed by atoms with Gasteiger partial charge in [0, 0.05) is 11.8 Å². The van der Waals surface area contributed by atoms with Crippen molar-refractivity contribution in [3.8, 4) is 11.4 Å². The Bertz CT molecular complexity index is 1140. The van der Waals surface area contributed by atoms with Crippen molar-refractivity contribution in [1.82, 2.24) is 20.1 Å². The summed E-state index contributed by atoms with van der Waals surface area (Å²) >= 11 is 0. The average Bonchev–Trinajstić information content (AvgIpc) is 3.41. The molecule has 1 aromatic carbocycles. The number of carbonyl (C=O) groups excluding carboxylic acids is 1. The molecule has 1 aliphatic heterocycles. The molecular weight excluding hydrogens is 424 g/mol. The van der Waals surface area contributed by atoms with E-state index >= 15 is 0 Å².